The molecule has 1 fully saturated rings. The summed E-state index contributed by atoms with van der Waals surface area (Å²) in [5.74, 6) is 4.80. The lowest BCUT2D eigenvalue weighted by Gasteiger charge is -2.33. The van der Waals surface area contributed by atoms with Crippen molar-refractivity contribution in [2.45, 2.75) is 32.4 Å². The van der Waals surface area contributed by atoms with Gasteiger partial charge in [-0.05, 0) is 43.5 Å². The molecule has 3 heterocycles. The Morgan fingerprint density at radius 3 is 2.50 bits per heavy atom. The Hall–Kier alpha value is -3.64. The first-order valence-corrected chi connectivity index (χ1v) is 11.8. The van der Waals surface area contributed by atoms with E-state index in [0.29, 0.717) is 34.6 Å². The molecule has 1 saturated heterocycles. The number of carbonyl (C=O) groups excluding carboxylic acids is 1. The zero-order valence-corrected chi connectivity index (χ0v) is 20.2. The summed E-state index contributed by atoms with van der Waals surface area (Å²) in [5, 5.41) is 0.189. The van der Waals surface area contributed by atoms with E-state index in [1.807, 2.05) is 6.92 Å². The van der Waals surface area contributed by atoms with E-state index in [1.165, 1.54) is 11.2 Å². The Morgan fingerprint density at radius 2 is 1.89 bits per heavy atom. The highest BCUT2D eigenvalue weighted by Gasteiger charge is 2.41. The standard InChI is InChI=1S/C26H23ClF3N5O/c1-2-22-20(6-3-16-4-8-23(31)32-14-16)24(34-15-33-22)17-5-7-19(21(27)13-17)25(36)35-11-9-18(10-12-35)26(28,29)30/h4-5,7-8,13-15,18H,2,9-12H2,1H3,(H2,31,32). The topological polar surface area (TPSA) is 85.0 Å². The number of pyridine rings is 1. The number of benzene rings is 1. The third-order valence-electron chi connectivity index (χ3n) is 6.10. The number of anilines is 1. The van der Waals surface area contributed by atoms with Gasteiger partial charge in [0.2, 0.25) is 0 Å². The summed E-state index contributed by atoms with van der Waals surface area (Å²) in [6.45, 7) is 2.03. The van der Waals surface area contributed by atoms with Crippen molar-refractivity contribution in [3.63, 3.8) is 0 Å². The maximum Gasteiger partial charge on any atom is 0.391 e. The van der Waals surface area contributed by atoms with Gasteiger partial charge in [0.1, 0.15) is 12.1 Å². The van der Waals surface area contributed by atoms with Crippen molar-refractivity contribution in [1.82, 2.24) is 19.9 Å². The molecular weight excluding hydrogens is 491 g/mol. The normalized spacial score (nSPS) is 14.3. The van der Waals surface area contributed by atoms with E-state index in [9.17, 15) is 18.0 Å². The monoisotopic (exact) mass is 513 g/mol. The van der Waals surface area contributed by atoms with Crippen molar-refractivity contribution in [2.24, 2.45) is 5.92 Å². The molecule has 0 atom stereocenters. The van der Waals surface area contributed by atoms with Gasteiger partial charge in [-0.2, -0.15) is 13.2 Å². The number of carbonyl (C=O) groups is 1. The van der Waals surface area contributed by atoms with E-state index in [1.54, 1.807) is 36.5 Å². The molecule has 0 saturated carbocycles. The van der Waals surface area contributed by atoms with Gasteiger partial charge in [-0.3, -0.25) is 4.79 Å². The molecule has 1 aromatic carbocycles. The predicted octanol–water partition coefficient (Wildman–Crippen LogP) is 5.15. The van der Waals surface area contributed by atoms with E-state index < -0.39 is 12.1 Å². The molecule has 6 nitrogen and oxygen atoms in total. The minimum absolute atomic E-state index is 0.0343. The van der Waals surface area contributed by atoms with Gasteiger partial charge in [0.15, 0.2) is 0 Å². The third-order valence-corrected chi connectivity index (χ3v) is 6.41. The number of amides is 1. The molecule has 4 rings (SSSR count). The molecular formula is C26H23ClF3N5O. The summed E-state index contributed by atoms with van der Waals surface area (Å²) in [6, 6.07) is 8.33. The van der Waals surface area contributed by atoms with Gasteiger partial charge >= 0.3 is 6.18 Å². The Labute approximate surface area is 211 Å². The second-order valence-corrected chi connectivity index (χ2v) is 8.83. The van der Waals surface area contributed by atoms with Crippen LogP contribution < -0.4 is 5.73 Å². The maximum atomic E-state index is 13.0. The highest BCUT2D eigenvalue weighted by Crippen LogP contribution is 2.35. The zero-order valence-electron chi connectivity index (χ0n) is 19.4. The number of likely N-dealkylation sites (tertiary alicyclic amines) is 1. The van der Waals surface area contributed by atoms with E-state index in [-0.39, 0.29) is 42.4 Å². The molecule has 0 bridgehead atoms. The molecule has 10 heteroatoms. The van der Waals surface area contributed by atoms with Gasteiger partial charge in [0, 0.05) is 30.4 Å². The summed E-state index contributed by atoms with van der Waals surface area (Å²) in [7, 11) is 0. The molecule has 1 aliphatic rings. The lowest BCUT2D eigenvalue weighted by molar-refractivity contribution is -0.183. The number of hydrogen-bond donors (Lipinski definition) is 1. The fourth-order valence-electron chi connectivity index (χ4n) is 4.07. The van der Waals surface area contributed by atoms with Crippen molar-refractivity contribution in [3.8, 4) is 23.1 Å². The quantitative estimate of drug-likeness (QED) is 0.489. The first-order valence-electron chi connectivity index (χ1n) is 11.4. The lowest BCUT2D eigenvalue weighted by atomic mass is 9.95. The lowest BCUT2D eigenvalue weighted by Crippen LogP contribution is -2.42. The number of aryl methyl sites for hydroxylation is 1. The van der Waals surface area contributed by atoms with Gasteiger partial charge in [-0.15, -0.1) is 0 Å². The first-order chi connectivity index (χ1) is 17.2. The number of nitrogen functional groups attached to an aromatic ring is 1. The van der Waals surface area contributed by atoms with Crippen LogP contribution in [0.1, 0.15) is 46.9 Å². The van der Waals surface area contributed by atoms with Crippen LogP contribution in [0, 0.1) is 17.8 Å². The molecule has 0 aliphatic carbocycles. The molecule has 0 radical (unpaired) electrons. The van der Waals surface area contributed by atoms with Crippen LogP contribution in [-0.2, 0) is 6.42 Å². The number of halogens is 4. The summed E-state index contributed by atoms with van der Waals surface area (Å²) < 4.78 is 38.9. The SMILES string of the molecule is CCc1ncnc(-c2ccc(C(=O)N3CCC(C(F)(F)F)CC3)c(Cl)c2)c1C#Cc1ccc(N)nc1. The number of aromatic nitrogens is 3. The number of piperidine rings is 1. The largest absolute Gasteiger partial charge is 0.391 e. The van der Waals surface area contributed by atoms with Crippen molar-refractivity contribution in [2.75, 3.05) is 18.8 Å². The highest BCUT2D eigenvalue weighted by molar-refractivity contribution is 6.34. The minimum atomic E-state index is -4.24. The summed E-state index contributed by atoms with van der Waals surface area (Å²) in [4.78, 5) is 27.2. The fraction of sp³-hybridized carbons (Fsp3) is 0.308. The second kappa shape index (κ2) is 10.5. The van der Waals surface area contributed by atoms with Gasteiger partial charge in [-0.25, -0.2) is 15.0 Å². The van der Waals surface area contributed by atoms with Crippen LogP contribution in [0.4, 0.5) is 19.0 Å². The van der Waals surface area contributed by atoms with Crippen LogP contribution in [0.5, 0.6) is 0 Å². The van der Waals surface area contributed by atoms with Crippen LogP contribution in [0.15, 0.2) is 42.9 Å². The zero-order chi connectivity index (χ0) is 25.9. The van der Waals surface area contributed by atoms with Crippen molar-refractivity contribution >= 4 is 23.3 Å². The maximum absolute atomic E-state index is 13.0. The number of nitrogens with two attached hydrogens (primary N) is 1. The Morgan fingerprint density at radius 1 is 1.14 bits per heavy atom. The Balaban J connectivity index is 1.61. The van der Waals surface area contributed by atoms with Gasteiger partial charge in [0.05, 0.1) is 33.5 Å². The summed E-state index contributed by atoms with van der Waals surface area (Å²) in [5.41, 5.74) is 9.12. The Bertz CT molecular complexity index is 1320. The van der Waals surface area contributed by atoms with Gasteiger partial charge in [0.25, 0.3) is 5.91 Å². The van der Waals surface area contributed by atoms with Crippen LogP contribution >= 0.6 is 11.6 Å². The molecule has 1 aliphatic heterocycles. The predicted molar refractivity (Wildman–Crippen MR) is 131 cm³/mol. The summed E-state index contributed by atoms with van der Waals surface area (Å²) in [6.07, 6.45) is -0.825. The van der Waals surface area contributed by atoms with E-state index >= 15 is 0 Å². The van der Waals surface area contributed by atoms with Crippen molar-refractivity contribution < 1.29 is 18.0 Å². The summed E-state index contributed by atoms with van der Waals surface area (Å²) >= 11 is 6.48. The average Bonchev–Trinajstić information content (AvgIpc) is 2.87. The number of rotatable bonds is 3. The molecule has 36 heavy (non-hydrogen) atoms. The van der Waals surface area contributed by atoms with E-state index in [4.69, 9.17) is 17.3 Å². The number of nitrogens with zero attached hydrogens (tertiary/aromatic N) is 4. The second-order valence-electron chi connectivity index (χ2n) is 8.42. The van der Waals surface area contributed by atoms with Crippen molar-refractivity contribution in [1.29, 1.82) is 0 Å². The first kappa shape index (κ1) is 25.5. The van der Waals surface area contributed by atoms with E-state index in [2.05, 4.69) is 26.8 Å². The van der Waals surface area contributed by atoms with Crippen LogP contribution in [0.3, 0.4) is 0 Å². The van der Waals surface area contributed by atoms with Crippen LogP contribution in [-0.4, -0.2) is 45.0 Å². The van der Waals surface area contributed by atoms with Gasteiger partial charge < -0.3 is 10.6 Å². The Kier molecular flexibility index (Phi) is 7.45. The van der Waals surface area contributed by atoms with Gasteiger partial charge in [-0.1, -0.05) is 36.4 Å². The molecule has 2 aromatic heterocycles. The molecule has 2 N–H and O–H groups in total. The van der Waals surface area contributed by atoms with Crippen molar-refractivity contribution in [3.05, 3.63) is 70.3 Å². The average molecular weight is 514 g/mol. The van der Waals surface area contributed by atoms with E-state index in [0.717, 1.165) is 5.69 Å². The molecule has 0 spiro atoms. The highest BCUT2D eigenvalue weighted by atomic mass is 35.5. The molecule has 0 unspecified atom stereocenters. The molecule has 1 amide bonds. The number of alkyl halides is 3. The molecule has 3 aromatic rings. The number of hydrogen-bond acceptors (Lipinski definition) is 5. The van der Waals surface area contributed by atoms with Crippen LogP contribution in [0.25, 0.3) is 11.3 Å². The minimum Gasteiger partial charge on any atom is -0.384 e. The molecule has 186 valence electrons. The fourth-order valence-corrected chi connectivity index (χ4v) is 4.33. The third kappa shape index (κ3) is 5.60. The van der Waals surface area contributed by atoms with Crippen LogP contribution in [0.2, 0.25) is 5.02 Å². The smallest absolute Gasteiger partial charge is 0.384 e.